The molecule has 0 spiro atoms. The summed E-state index contributed by atoms with van der Waals surface area (Å²) in [6, 6.07) is 4.59. The van der Waals surface area contributed by atoms with Crippen molar-refractivity contribution in [2.45, 2.75) is 0 Å². The van der Waals surface area contributed by atoms with Gasteiger partial charge in [-0.1, -0.05) is 0 Å². The molecule has 1 aromatic heterocycles. The van der Waals surface area contributed by atoms with Crippen LogP contribution in [-0.2, 0) is 0 Å². The number of hydrogen-bond donors (Lipinski definition) is 3. The van der Waals surface area contributed by atoms with Gasteiger partial charge in [-0.15, -0.1) is 0 Å². The number of nitrogens with one attached hydrogen (secondary N) is 1. The second-order valence-electron chi connectivity index (χ2n) is 3.96. The number of fused-ring (bicyclic) bond motifs is 1. The van der Waals surface area contributed by atoms with Crippen molar-refractivity contribution in [1.29, 1.82) is 0 Å². The van der Waals surface area contributed by atoms with Gasteiger partial charge < -0.3 is 19.7 Å². The van der Waals surface area contributed by atoms with E-state index in [1.807, 2.05) is 0 Å². The van der Waals surface area contributed by atoms with Crippen LogP contribution in [0.4, 0.5) is 0 Å². The van der Waals surface area contributed by atoms with E-state index in [1.165, 1.54) is 6.07 Å². The number of carboxylic acid groups (broad SMARTS) is 1. The lowest BCUT2D eigenvalue weighted by Crippen LogP contribution is -2.15. The number of benzene rings is 1. The van der Waals surface area contributed by atoms with Crippen molar-refractivity contribution in [3.05, 3.63) is 23.9 Å². The zero-order chi connectivity index (χ0) is 13.4. The van der Waals surface area contributed by atoms with Crippen molar-refractivity contribution in [2.75, 3.05) is 13.2 Å². The summed E-state index contributed by atoms with van der Waals surface area (Å²) in [5.74, 6) is -0.512. The van der Waals surface area contributed by atoms with Gasteiger partial charge in [0.2, 0.25) is 5.75 Å². The smallest absolute Gasteiger partial charge is 0.353 e. The van der Waals surface area contributed by atoms with E-state index in [0.29, 0.717) is 30.2 Å². The van der Waals surface area contributed by atoms with E-state index in [2.05, 4.69) is 10.2 Å². The molecule has 0 amide bonds. The highest BCUT2D eigenvalue weighted by Crippen LogP contribution is 2.44. The molecule has 0 unspecified atom stereocenters. The Morgan fingerprint density at radius 2 is 2.11 bits per heavy atom. The Hall–Kier alpha value is -2.70. The van der Waals surface area contributed by atoms with Crippen LogP contribution >= 0.6 is 0 Å². The number of rotatable bonds is 2. The van der Waals surface area contributed by atoms with Crippen LogP contribution in [0.25, 0.3) is 11.3 Å². The van der Waals surface area contributed by atoms with Gasteiger partial charge in [-0.05, 0) is 18.2 Å². The molecule has 2 heterocycles. The fourth-order valence-corrected chi connectivity index (χ4v) is 1.88. The summed E-state index contributed by atoms with van der Waals surface area (Å²) >= 11 is 0. The summed E-state index contributed by atoms with van der Waals surface area (Å²) in [4.78, 5) is 10.8. The normalized spacial score (nSPS) is 13.3. The van der Waals surface area contributed by atoms with E-state index < -0.39 is 5.97 Å². The van der Waals surface area contributed by atoms with E-state index in [0.717, 1.165) is 0 Å². The predicted octanol–water partition coefficient (Wildman–Crippen LogP) is 1.25. The Balaban J connectivity index is 2.07. The van der Waals surface area contributed by atoms with Gasteiger partial charge in [-0.3, -0.25) is 5.10 Å². The van der Waals surface area contributed by atoms with Crippen LogP contribution in [0.2, 0.25) is 0 Å². The van der Waals surface area contributed by atoms with E-state index >= 15 is 0 Å². The molecule has 0 fully saturated rings. The second-order valence-corrected chi connectivity index (χ2v) is 3.96. The molecule has 2 aromatic rings. The number of carbonyl (C=O) groups is 1. The van der Waals surface area contributed by atoms with Gasteiger partial charge in [0.15, 0.2) is 11.5 Å². The first-order chi connectivity index (χ1) is 9.16. The molecular formula is C12H10N2O5. The van der Waals surface area contributed by atoms with Crippen LogP contribution in [0.3, 0.4) is 0 Å². The molecule has 3 rings (SSSR count). The third kappa shape index (κ3) is 1.85. The van der Waals surface area contributed by atoms with E-state index in [9.17, 15) is 9.90 Å². The molecule has 0 aliphatic carbocycles. The molecule has 0 radical (unpaired) electrons. The number of hydrogen-bond acceptors (Lipinski definition) is 5. The van der Waals surface area contributed by atoms with Crippen LogP contribution in [0.15, 0.2) is 18.2 Å². The number of ether oxygens (including phenoxy) is 2. The molecule has 1 aromatic carbocycles. The fraction of sp³-hybridized carbons (Fsp3) is 0.167. The fourth-order valence-electron chi connectivity index (χ4n) is 1.88. The molecule has 98 valence electrons. The number of aromatic nitrogens is 2. The maximum Gasteiger partial charge on any atom is 0.353 e. The zero-order valence-electron chi connectivity index (χ0n) is 9.71. The van der Waals surface area contributed by atoms with E-state index in [4.69, 9.17) is 14.6 Å². The summed E-state index contributed by atoms with van der Waals surface area (Å²) < 4.78 is 10.7. The highest BCUT2D eigenvalue weighted by molar-refractivity contribution is 5.87. The summed E-state index contributed by atoms with van der Waals surface area (Å²) in [6.07, 6.45) is 0. The largest absolute Gasteiger partial charge is 0.504 e. The van der Waals surface area contributed by atoms with Gasteiger partial charge in [0, 0.05) is 5.56 Å². The van der Waals surface area contributed by atoms with Crippen molar-refractivity contribution < 1.29 is 24.5 Å². The molecule has 7 heteroatoms. The van der Waals surface area contributed by atoms with Crippen molar-refractivity contribution in [1.82, 2.24) is 10.2 Å². The zero-order valence-corrected chi connectivity index (χ0v) is 9.71. The van der Waals surface area contributed by atoms with Crippen molar-refractivity contribution in [2.24, 2.45) is 0 Å². The lowest BCUT2D eigenvalue weighted by atomic mass is 10.1. The van der Waals surface area contributed by atoms with E-state index in [1.54, 1.807) is 12.1 Å². The molecule has 0 saturated carbocycles. The summed E-state index contributed by atoms with van der Waals surface area (Å²) in [7, 11) is 0. The highest BCUT2D eigenvalue weighted by atomic mass is 16.6. The van der Waals surface area contributed by atoms with Crippen LogP contribution < -0.4 is 9.47 Å². The van der Waals surface area contributed by atoms with Crippen molar-refractivity contribution in [3.63, 3.8) is 0 Å². The van der Waals surface area contributed by atoms with Gasteiger partial charge in [-0.2, -0.15) is 5.10 Å². The maximum absolute atomic E-state index is 10.8. The number of aromatic carboxylic acids is 1. The molecular weight excluding hydrogens is 252 g/mol. The Morgan fingerprint density at radius 3 is 2.84 bits per heavy atom. The topological polar surface area (TPSA) is 105 Å². The lowest BCUT2D eigenvalue weighted by molar-refractivity contribution is 0.0690. The first-order valence-electron chi connectivity index (χ1n) is 5.57. The average molecular weight is 262 g/mol. The lowest BCUT2D eigenvalue weighted by Gasteiger charge is -2.20. The van der Waals surface area contributed by atoms with Crippen LogP contribution in [-0.4, -0.2) is 39.6 Å². The van der Waals surface area contributed by atoms with Gasteiger partial charge >= 0.3 is 5.97 Å². The molecule has 0 bridgehead atoms. The molecule has 0 saturated heterocycles. The Morgan fingerprint density at radius 1 is 1.32 bits per heavy atom. The molecule has 3 N–H and O–H groups in total. The van der Waals surface area contributed by atoms with Gasteiger partial charge in [0.1, 0.15) is 18.9 Å². The molecule has 0 atom stereocenters. The number of phenols is 1. The summed E-state index contributed by atoms with van der Waals surface area (Å²) in [6.45, 7) is 0.780. The minimum absolute atomic E-state index is 0.0516. The van der Waals surface area contributed by atoms with E-state index in [-0.39, 0.29) is 17.2 Å². The number of carboxylic acids is 1. The van der Waals surface area contributed by atoms with Crippen molar-refractivity contribution >= 4 is 5.97 Å². The third-order valence-electron chi connectivity index (χ3n) is 2.77. The highest BCUT2D eigenvalue weighted by Gasteiger charge is 2.21. The molecule has 1 aliphatic heterocycles. The average Bonchev–Trinajstić information content (AvgIpc) is 2.89. The molecule has 19 heavy (non-hydrogen) atoms. The minimum atomic E-state index is -1.12. The molecule has 7 nitrogen and oxygen atoms in total. The quantitative estimate of drug-likeness (QED) is 0.752. The minimum Gasteiger partial charge on any atom is -0.504 e. The van der Waals surface area contributed by atoms with Crippen molar-refractivity contribution in [3.8, 4) is 28.5 Å². The third-order valence-corrected chi connectivity index (χ3v) is 2.77. The van der Waals surface area contributed by atoms with Gasteiger partial charge in [0.05, 0.1) is 5.69 Å². The number of aromatic hydroxyl groups is 1. The molecule has 1 aliphatic rings. The van der Waals surface area contributed by atoms with Crippen LogP contribution in [0, 0.1) is 0 Å². The Kier molecular flexibility index (Phi) is 2.52. The maximum atomic E-state index is 10.8. The van der Waals surface area contributed by atoms with Gasteiger partial charge in [-0.25, -0.2) is 4.79 Å². The number of H-pyrrole nitrogens is 1. The number of aromatic amines is 1. The standard InChI is InChI=1S/C12H10N2O5/c15-10-6(7-5-8(12(16)17)14-13-7)1-2-9-11(10)19-4-3-18-9/h1-2,5,15H,3-4H2,(H,13,14)(H,16,17). The second kappa shape index (κ2) is 4.20. The first kappa shape index (κ1) is 11.4. The van der Waals surface area contributed by atoms with Crippen LogP contribution in [0.1, 0.15) is 10.5 Å². The Labute approximate surface area is 107 Å². The summed E-state index contributed by atoms with van der Waals surface area (Å²) in [5.41, 5.74) is 0.657. The predicted molar refractivity (Wildman–Crippen MR) is 63.6 cm³/mol. The first-order valence-corrected chi connectivity index (χ1v) is 5.57. The number of phenolic OH excluding ortho intramolecular Hbond substituents is 1. The van der Waals surface area contributed by atoms with Crippen LogP contribution in [0.5, 0.6) is 17.2 Å². The SMILES string of the molecule is O=C(O)c1cc(-c2ccc3c(c2O)OCCO3)n[nH]1. The monoisotopic (exact) mass is 262 g/mol. The summed E-state index contributed by atoms with van der Waals surface area (Å²) in [5, 5.41) is 25.2. The number of nitrogens with zero attached hydrogens (tertiary/aromatic N) is 1. The van der Waals surface area contributed by atoms with Gasteiger partial charge in [0.25, 0.3) is 0 Å². The Bertz CT molecular complexity index is 650.